The molecule has 4 heteroatoms. The van der Waals surface area contributed by atoms with Crippen molar-refractivity contribution < 1.29 is 4.42 Å². The third-order valence-electron chi connectivity index (χ3n) is 2.90. The van der Waals surface area contributed by atoms with E-state index in [9.17, 15) is 0 Å². The average molecular weight is 233 g/mol. The van der Waals surface area contributed by atoms with Crippen LogP contribution in [0.4, 0.5) is 0 Å². The maximum atomic E-state index is 6.21. The summed E-state index contributed by atoms with van der Waals surface area (Å²) in [6.45, 7) is 5.03. The van der Waals surface area contributed by atoms with E-state index in [1.54, 1.807) is 6.26 Å². The van der Waals surface area contributed by atoms with Gasteiger partial charge in [-0.25, -0.2) is 0 Å². The van der Waals surface area contributed by atoms with Crippen LogP contribution in [-0.4, -0.2) is 9.78 Å². The van der Waals surface area contributed by atoms with Crippen molar-refractivity contribution in [3.8, 4) is 0 Å². The van der Waals surface area contributed by atoms with Crippen LogP contribution in [0.3, 0.4) is 0 Å². The van der Waals surface area contributed by atoms with Crippen LogP contribution in [0.5, 0.6) is 0 Å². The van der Waals surface area contributed by atoms with E-state index in [0.29, 0.717) is 6.42 Å². The van der Waals surface area contributed by atoms with Crippen LogP contribution < -0.4 is 5.73 Å². The molecule has 1 atom stereocenters. The Bertz CT molecular complexity index is 459. The summed E-state index contributed by atoms with van der Waals surface area (Å²) in [5.41, 5.74) is 8.39. The fraction of sp³-hybridized carbons (Fsp3) is 0.462. The minimum Gasteiger partial charge on any atom is -0.469 e. The minimum atomic E-state index is -0.0612. The zero-order chi connectivity index (χ0) is 12.3. The van der Waals surface area contributed by atoms with Crippen molar-refractivity contribution in [3.05, 3.63) is 41.6 Å². The molecular weight excluding hydrogens is 214 g/mol. The Morgan fingerprint density at radius 3 is 2.88 bits per heavy atom. The summed E-state index contributed by atoms with van der Waals surface area (Å²) in [7, 11) is 0. The Balaban J connectivity index is 2.17. The van der Waals surface area contributed by atoms with Gasteiger partial charge in [-0.05, 0) is 31.5 Å². The Hall–Kier alpha value is -1.55. The number of aromatic nitrogens is 2. The van der Waals surface area contributed by atoms with Crippen molar-refractivity contribution in [1.29, 1.82) is 0 Å². The molecular formula is C13H19N3O. The maximum absolute atomic E-state index is 6.21. The molecule has 2 N–H and O–H groups in total. The topological polar surface area (TPSA) is 57.0 Å². The first-order chi connectivity index (χ1) is 8.24. The first-order valence-electron chi connectivity index (χ1n) is 6.09. The van der Waals surface area contributed by atoms with Gasteiger partial charge in [0.1, 0.15) is 5.76 Å². The van der Waals surface area contributed by atoms with Gasteiger partial charge in [0, 0.05) is 13.0 Å². The Labute approximate surface area is 101 Å². The monoisotopic (exact) mass is 233 g/mol. The second-order valence-corrected chi connectivity index (χ2v) is 4.12. The summed E-state index contributed by atoms with van der Waals surface area (Å²) < 4.78 is 7.30. The lowest BCUT2D eigenvalue weighted by atomic mass is 10.1. The molecule has 92 valence electrons. The quantitative estimate of drug-likeness (QED) is 0.862. The van der Waals surface area contributed by atoms with Gasteiger partial charge in [-0.2, -0.15) is 5.10 Å². The Morgan fingerprint density at radius 2 is 2.29 bits per heavy atom. The zero-order valence-electron chi connectivity index (χ0n) is 10.4. The standard InChI is InChI=1S/C13H19N3O/c1-3-10-8-13(16(4-2)15-10)12(14)9-11-6-5-7-17-11/h5-8,12H,3-4,9,14H2,1-2H3. The highest BCUT2D eigenvalue weighted by Gasteiger charge is 2.15. The molecule has 0 amide bonds. The predicted octanol–water partition coefficient (Wildman–Crippen LogP) is 2.30. The van der Waals surface area contributed by atoms with Gasteiger partial charge in [0.15, 0.2) is 0 Å². The van der Waals surface area contributed by atoms with Crippen molar-refractivity contribution in [2.75, 3.05) is 0 Å². The fourth-order valence-electron chi connectivity index (χ4n) is 1.96. The largest absolute Gasteiger partial charge is 0.469 e. The van der Waals surface area contributed by atoms with E-state index in [1.165, 1.54) is 0 Å². The van der Waals surface area contributed by atoms with Crippen LogP contribution in [0.1, 0.15) is 37.0 Å². The molecule has 0 bridgehead atoms. The molecule has 0 saturated carbocycles. The molecule has 0 fully saturated rings. The molecule has 0 aliphatic rings. The van der Waals surface area contributed by atoms with E-state index >= 15 is 0 Å². The summed E-state index contributed by atoms with van der Waals surface area (Å²) in [6, 6.07) is 5.87. The molecule has 2 rings (SSSR count). The first-order valence-corrected chi connectivity index (χ1v) is 6.09. The number of hydrogen-bond acceptors (Lipinski definition) is 3. The predicted molar refractivity (Wildman–Crippen MR) is 66.6 cm³/mol. The SMILES string of the molecule is CCc1cc(C(N)Cc2ccco2)n(CC)n1. The lowest BCUT2D eigenvalue weighted by Crippen LogP contribution is -2.17. The van der Waals surface area contributed by atoms with Gasteiger partial charge < -0.3 is 10.2 Å². The van der Waals surface area contributed by atoms with Crippen LogP contribution in [0.2, 0.25) is 0 Å². The third kappa shape index (κ3) is 2.58. The summed E-state index contributed by atoms with van der Waals surface area (Å²) in [5.74, 6) is 0.916. The van der Waals surface area contributed by atoms with Crippen LogP contribution in [0.15, 0.2) is 28.9 Å². The molecule has 4 nitrogen and oxygen atoms in total. The van der Waals surface area contributed by atoms with Gasteiger partial charge in [0.05, 0.1) is 23.7 Å². The number of hydrogen-bond donors (Lipinski definition) is 1. The number of furan rings is 1. The summed E-state index contributed by atoms with van der Waals surface area (Å²) in [6.07, 6.45) is 3.33. The molecule has 1 unspecified atom stereocenters. The molecule has 17 heavy (non-hydrogen) atoms. The molecule has 0 aliphatic heterocycles. The van der Waals surface area contributed by atoms with Crippen molar-refractivity contribution in [1.82, 2.24) is 9.78 Å². The molecule has 0 radical (unpaired) electrons. The van der Waals surface area contributed by atoms with Crippen LogP contribution in [0.25, 0.3) is 0 Å². The van der Waals surface area contributed by atoms with Crippen LogP contribution in [-0.2, 0) is 19.4 Å². The summed E-state index contributed by atoms with van der Waals surface area (Å²) >= 11 is 0. The van der Waals surface area contributed by atoms with Gasteiger partial charge in [0.2, 0.25) is 0 Å². The molecule has 2 aromatic heterocycles. The second kappa shape index (κ2) is 5.19. The van der Waals surface area contributed by atoms with Gasteiger partial charge in [-0.1, -0.05) is 6.92 Å². The molecule has 0 aliphatic carbocycles. The van der Waals surface area contributed by atoms with Gasteiger partial charge in [0.25, 0.3) is 0 Å². The fourth-order valence-corrected chi connectivity index (χ4v) is 1.96. The lowest BCUT2D eigenvalue weighted by Gasteiger charge is -2.11. The van der Waals surface area contributed by atoms with E-state index in [2.05, 4.69) is 25.0 Å². The molecule has 0 aromatic carbocycles. The molecule has 2 heterocycles. The molecule has 0 spiro atoms. The normalized spacial score (nSPS) is 12.9. The average Bonchev–Trinajstić information content (AvgIpc) is 2.96. The second-order valence-electron chi connectivity index (χ2n) is 4.12. The third-order valence-corrected chi connectivity index (χ3v) is 2.90. The highest BCUT2D eigenvalue weighted by molar-refractivity contribution is 5.16. The highest BCUT2D eigenvalue weighted by atomic mass is 16.3. The van der Waals surface area contributed by atoms with E-state index < -0.39 is 0 Å². The van der Waals surface area contributed by atoms with Crippen molar-refractivity contribution in [2.45, 2.75) is 39.3 Å². The lowest BCUT2D eigenvalue weighted by molar-refractivity contribution is 0.474. The van der Waals surface area contributed by atoms with E-state index in [0.717, 1.165) is 30.1 Å². The van der Waals surface area contributed by atoms with Gasteiger partial charge >= 0.3 is 0 Å². The van der Waals surface area contributed by atoms with Gasteiger partial charge in [-0.3, -0.25) is 4.68 Å². The summed E-state index contributed by atoms with van der Waals surface area (Å²) in [5, 5.41) is 4.50. The van der Waals surface area contributed by atoms with Crippen LogP contribution >= 0.6 is 0 Å². The van der Waals surface area contributed by atoms with Crippen molar-refractivity contribution in [3.63, 3.8) is 0 Å². The number of nitrogens with zero attached hydrogens (tertiary/aromatic N) is 2. The maximum Gasteiger partial charge on any atom is 0.105 e. The summed E-state index contributed by atoms with van der Waals surface area (Å²) in [4.78, 5) is 0. The van der Waals surface area contributed by atoms with Crippen LogP contribution in [0, 0.1) is 0 Å². The first kappa shape index (κ1) is 11.9. The Morgan fingerprint density at radius 1 is 1.47 bits per heavy atom. The zero-order valence-corrected chi connectivity index (χ0v) is 10.4. The number of aryl methyl sites for hydroxylation is 2. The number of nitrogens with two attached hydrogens (primary N) is 1. The highest BCUT2D eigenvalue weighted by Crippen LogP contribution is 2.18. The number of rotatable bonds is 5. The van der Waals surface area contributed by atoms with E-state index in [4.69, 9.17) is 10.2 Å². The smallest absolute Gasteiger partial charge is 0.105 e. The van der Waals surface area contributed by atoms with Gasteiger partial charge in [-0.15, -0.1) is 0 Å². The van der Waals surface area contributed by atoms with E-state index in [1.807, 2.05) is 16.8 Å². The van der Waals surface area contributed by atoms with Crippen molar-refractivity contribution >= 4 is 0 Å². The minimum absolute atomic E-state index is 0.0612. The molecule has 0 saturated heterocycles. The van der Waals surface area contributed by atoms with Crippen molar-refractivity contribution in [2.24, 2.45) is 5.73 Å². The van der Waals surface area contributed by atoms with E-state index in [-0.39, 0.29) is 6.04 Å². The molecule has 2 aromatic rings. The Kier molecular flexibility index (Phi) is 3.64.